The lowest BCUT2D eigenvalue weighted by molar-refractivity contribution is 0.259. The summed E-state index contributed by atoms with van der Waals surface area (Å²) >= 11 is 0. The van der Waals surface area contributed by atoms with Crippen LogP contribution < -0.4 is 5.32 Å². The van der Waals surface area contributed by atoms with Gasteiger partial charge in [-0.3, -0.25) is 0 Å². The lowest BCUT2D eigenvalue weighted by Crippen LogP contribution is -2.39. The van der Waals surface area contributed by atoms with Gasteiger partial charge >= 0.3 is 0 Å². The topological polar surface area (TPSA) is 12.0 Å². The monoisotopic (exact) mass is 211 g/mol. The van der Waals surface area contributed by atoms with Crippen molar-refractivity contribution in [3.63, 3.8) is 0 Å². The van der Waals surface area contributed by atoms with Gasteiger partial charge in [-0.25, -0.2) is 0 Å². The molecule has 1 heteroatoms. The Morgan fingerprint density at radius 1 is 1.00 bits per heavy atom. The van der Waals surface area contributed by atoms with E-state index in [2.05, 4.69) is 26.1 Å². The fraction of sp³-hybridized carbons (Fsp3) is 1.00. The van der Waals surface area contributed by atoms with E-state index in [0.717, 1.165) is 18.0 Å². The molecule has 0 aromatic rings. The first-order valence-electron chi connectivity index (χ1n) is 7.06. The highest BCUT2D eigenvalue weighted by molar-refractivity contribution is 4.79. The first-order chi connectivity index (χ1) is 7.30. The van der Waals surface area contributed by atoms with Gasteiger partial charge in [0.2, 0.25) is 0 Å². The third-order valence-corrected chi connectivity index (χ3v) is 4.00. The third kappa shape index (κ3) is 4.55. The highest BCUT2D eigenvalue weighted by Gasteiger charge is 2.21. The lowest BCUT2D eigenvalue weighted by atomic mass is 9.83. The molecule has 0 bridgehead atoms. The Morgan fingerprint density at radius 2 is 1.60 bits per heavy atom. The Balaban J connectivity index is 2.19. The van der Waals surface area contributed by atoms with E-state index in [1.807, 2.05) is 0 Å². The fourth-order valence-corrected chi connectivity index (χ4v) is 2.88. The summed E-state index contributed by atoms with van der Waals surface area (Å²) < 4.78 is 0. The second-order valence-corrected chi connectivity index (χ2v) is 5.19. The van der Waals surface area contributed by atoms with Crippen molar-refractivity contribution in [2.24, 2.45) is 5.92 Å². The molecular weight excluding hydrogens is 182 g/mol. The van der Waals surface area contributed by atoms with Gasteiger partial charge < -0.3 is 5.32 Å². The summed E-state index contributed by atoms with van der Waals surface area (Å²) in [6.07, 6.45) is 11.2. The van der Waals surface area contributed by atoms with Gasteiger partial charge in [0.25, 0.3) is 0 Å². The molecule has 0 radical (unpaired) electrons. The minimum atomic E-state index is 0.762. The molecule has 1 saturated carbocycles. The van der Waals surface area contributed by atoms with Crippen LogP contribution in [0.5, 0.6) is 0 Å². The first kappa shape index (κ1) is 13.0. The van der Waals surface area contributed by atoms with Crippen LogP contribution in [0.1, 0.15) is 72.1 Å². The van der Waals surface area contributed by atoms with Gasteiger partial charge in [0.1, 0.15) is 0 Å². The smallest absolute Gasteiger partial charge is 0.00698 e. The van der Waals surface area contributed by atoms with Crippen molar-refractivity contribution < 1.29 is 0 Å². The van der Waals surface area contributed by atoms with E-state index >= 15 is 0 Å². The molecule has 0 spiro atoms. The Morgan fingerprint density at radius 3 is 2.07 bits per heavy atom. The van der Waals surface area contributed by atoms with Crippen molar-refractivity contribution in [1.29, 1.82) is 0 Å². The third-order valence-electron chi connectivity index (χ3n) is 4.00. The molecule has 0 aliphatic heterocycles. The molecule has 0 saturated heterocycles. The van der Waals surface area contributed by atoms with E-state index in [4.69, 9.17) is 0 Å². The molecular formula is C14H29N. The van der Waals surface area contributed by atoms with Crippen LogP contribution in [-0.2, 0) is 0 Å². The summed E-state index contributed by atoms with van der Waals surface area (Å²) in [6.45, 7) is 6.91. The van der Waals surface area contributed by atoms with Crippen LogP contribution in [0.25, 0.3) is 0 Å². The zero-order chi connectivity index (χ0) is 11.1. The van der Waals surface area contributed by atoms with E-state index in [-0.39, 0.29) is 0 Å². The van der Waals surface area contributed by atoms with Crippen LogP contribution in [-0.4, -0.2) is 12.1 Å². The van der Waals surface area contributed by atoms with Gasteiger partial charge in [-0.05, 0) is 44.4 Å². The quantitative estimate of drug-likeness (QED) is 0.697. The molecule has 0 aromatic carbocycles. The molecule has 1 N–H and O–H groups in total. The van der Waals surface area contributed by atoms with Crippen LogP contribution in [0.15, 0.2) is 0 Å². The number of hydrogen-bond acceptors (Lipinski definition) is 1. The molecule has 15 heavy (non-hydrogen) atoms. The van der Waals surface area contributed by atoms with Gasteiger partial charge in [0.05, 0.1) is 0 Å². The second kappa shape index (κ2) is 7.27. The van der Waals surface area contributed by atoms with Crippen molar-refractivity contribution in [3.8, 4) is 0 Å². The summed E-state index contributed by atoms with van der Waals surface area (Å²) in [5, 5.41) is 3.82. The molecule has 1 aliphatic carbocycles. The molecule has 90 valence electrons. The average molecular weight is 211 g/mol. The summed E-state index contributed by atoms with van der Waals surface area (Å²) in [5.41, 5.74) is 0. The van der Waals surface area contributed by atoms with Crippen molar-refractivity contribution in [3.05, 3.63) is 0 Å². The maximum absolute atomic E-state index is 3.82. The highest BCUT2D eigenvalue weighted by Crippen LogP contribution is 2.28. The van der Waals surface area contributed by atoms with E-state index in [1.165, 1.54) is 51.4 Å². The van der Waals surface area contributed by atoms with Crippen LogP contribution >= 0.6 is 0 Å². The Kier molecular flexibility index (Phi) is 6.31. The molecule has 1 fully saturated rings. The van der Waals surface area contributed by atoms with Gasteiger partial charge in [0.15, 0.2) is 0 Å². The van der Waals surface area contributed by atoms with Crippen LogP contribution in [0, 0.1) is 5.92 Å². The van der Waals surface area contributed by atoms with Crippen molar-refractivity contribution in [1.82, 2.24) is 5.32 Å². The van der Waals surface area contributed by atoms with Crippen molar-refractivity contribution in [2.75, 3.05) is 0 Å². The predicted molar refractivity (Wildman–Crippen MR) is 68.2 cm³/mol. The van der Waals surface area contributed by atoms with Gasteiger partial charge in [-0.15, -0.1) is 0 Å². The Hall–Kier alpha value is -0.0400. The van der Waals surface area contributed by atoms with Gasteiger partial charge in [0, 0.05) is 12.1 Å². The van der Waals surface area contributed by atoms with Crippen molar-refractivity contribution >= 4 is 0 Å². The average Bonchev–Trinajstić information content (AvgIpc) is 2.28. The van der Waals surface area contributed by atoms with E-state index < -0.39 is 0 Å². The van der Waals surface area contributed by atoms with Crippen molar-refractivity contribution in [2.45, 2.75) is 84.2 Å². The summed E-state index contributed by atoms with van der Waals surface area (Å²) in [4.78, 5) is 0. The molecule has 1 nitrogen and oxygen atoms in total. The standard InChI is InChI=1S/C14H29N/c1-4-7-12-8-10-14(11-9-12)15-13(5-2)6-3/h12-15H,4-11H2,1-3H3. The SMILES string of the molecule is CCCC1CCC(NC(CC)CC)CC1. The normalized spacial score (nSPS) is 27.2. The highest BCUT2D eigenvalue weighted by atomic mass is 14.9. The summed E-state index contributed by atoms with van der Waals surface area (Å²) in [7, 11) is 0. The summed E-state index contributed by atoms with van der Waals surface area (Å²) in [6, 6.07) is 1.58. The zero-order valence-electron chi connectivity index (χ0n) is 10.9. The molecule has 0 amide bonds. The van der Waals surface area contributed by atoms with Crippen LogP contribution in [0.3, 0.4) is 0 Å². The van der Waals surface area contributed by atoms with E-state index in [9.17, 15) is 0 Å². The number of hydrogen-bond donors (Lipinski definition) is 1. The Labute approximate surface area is 96.0 Å². The molecule has 0 unspecified atom stereocenters. The van der Waals surface area contributed by atoms with Gasteiger partial charge in [-0.2, -0.15) is 0 Å². The predicted octanol–water partition coefficient (Wildman–Crippen LogP) is 4.12. The summed E-state index contributed by atoms with van der Waals surface area (Å²) in [5.74, 6) is 1.04. The Bertz CT molecular complexity index is 143. The van der Waals surface area contributed by atoms with Crippen LogP contribution in [0.4, 0.5) is 0 Å². The number of rotatable bonds is 6. The fourth-order valence-electron chi connectivity index (χ4n) is 2.88. The second-order valence-electron chi connectivity index (χ2n) is 5.19. The maximum atomic E-state index is 3.82. The molecule has 1 rings (SSSR count). The number of nitrogens with one attached hydrogen (secondary N) is 1. The molecule has 1 aliphatic rings. The van der Waals surface area contributed by atoms with E-state index in [0.29, 0.717) is 0 Å². The molecule has 0 heterocycles. The van der Waals surface area contributed by atoms with E-state index in [1.54, 1.807) is 0 Å². The molecule has 0 aromatic heterocycles. The minimum absolute atomic E-state index is 0.762. The minimum Gasteiger partial charge on any atom is -0.311 e. The molecule has 0 atom stereocenters. The maximum Gasteiger partial charge on any atom is 0.00698 e. The van der Waals surface area contributed by atoms with Crippen LogP contribution in [0.2, 0.25) is 0 Å². The first-order valence-corrected chi connectivity index (χ1v) is 7.06. The lowest BCUT2D eigenvalue weighted by Gasteiger charge is -2.31. The van der Waals surface area contributed by atoms with Gasteiger partial charge in [-0.1, -0.05) is 33.6 Å². The zero-order valence-corrected chi connectivity index (χ0v) is 10.9. The largest absolute Gasteiger partial charge is 0.311 e.